The Morgan fingerprint density at radius 3 is 2.66 bits per heavy atom. The molecule has 3 heterocycles. The highest BCUT2D eigenvalue weighted by Crippen LogP contribution is 2.27. The number of aromatic nitrogens is 6. The van der Waals surface area contributed by atoms with Gasteiger partial charge in [-0.05, 0) is 37.3 Å². The van der Waals surface area contributed by atoms with Crippen LogP contribution in [0.5, 0.6) is 0 Å². The van der Waals surface area contributed by atoms with Crippen molar-refractivity contribution in [3.63, 3.8) is 0 Å². The van der Waals surface area contributed by atoms with Crippen LogP contribution in [-0.2, 0) is 19.8 Å². The number of aryl methyl sites for hydroxylation is 3. The maximum absolute atomic E-state index is 12.7. The van der Waals surface area contributed by atoms with Crippen molar-refractivity contribution in [1.82, 2.24) is 28.7 Å². The lowest BCUT2D eigenvalue weighted by atomic mass is 10.1. The normalized spacial score (nSPS) is 11.9. The van der Waals surface area contributed by atoms with E-state index in [1.807, 2.05) is 59.3 Å². The molecule has 9 heteroatoms. The lowest BCUT2D eigenvalue weighted by Crippen LogP contribution is -2.20. The first-order valence-corrected chi connectivity index (χ1v) is 10.4. The van der Waals surface area contributed by atoms with Gasteiger partial charge in [-0.3, -0.25) is 13.8 Å². The zero-order valence-electron chi connectivity index (χ0n) is 16.0. The van der Waals surface area contributed by atoms with Gasteiger partial charge in [-0.1, -0.05) is 35.0 Å². The van der Waals surface area contributed by atoms with Crippen LogP contribution in [0, 0.1) is 6.92 Å². The van der Waals surface area contributed by atoms with Gasteiger partial charge in [-0.2, -0.15) is 0 Å². The Balaban J connectivity index is 1.61. The third kappa shape index (κ3) is 2.82. The summed E-state index contributed by atoms with van der Waals surface area (Å²) >= 11 is 7.66. The predicted molar refractivity (Wildman–Crippen MR) is 116 cm³/mol. The first-order valence-electron chi connectivity index (χ1n) is 9.02. The number of imidazole rings is 1. The maximum Gasteiger partial charge on any atom is 0.262 e. The van der Waals surface area contributed by atoms with E-state index >= 15 is 0 Å². The Bertz CT molecular complexity index is 1480. The Labute approximate surface area is 174 Å². The number of rotatable bonds is 3. The average Bonchev–Trinajstić information content (AvgIpc) is 3.25. The highest BCUT2D eigenvalue weighted by molar-refractivity contribution is 7.98. The zero-order chi connectivity index (χ0) is 20.3. The van der Waals surface area contributed by atoms with Crippen LogP contribution in [0.25, 0.3) is 27.7 Å². The molecule has 29 heavy (non-hydrogen) atoms. The van der Waals surface area contributed by atoms with E-state index in [1.54, 1.807) is 23.4 Å². The molecule has 0 aliphatic carbocycles. The zero-order valence-corrected chi connectivity index (χ0v) is 17.6. The predicted octanol–water partition coefficient (Wildman–Crippen LogP) is 3.72. The number of hydrogen-bond donors (Lipinski definition) is 0. The minimum atomic E-state index is -0.0740. The van der Waals surface area contributed by atoms with Crippen molar-refractivity contribution in [1.29, 1.82) is 0 Å². The molecule has 0 saturated carbocycles. The lowest BCUT2D eigenvalue weighted by Gasteiger charge is -2.08. The van der Waals surface area contributed by atoms with Crippen molar-refractivity contribution in [2.24, 2.45) is 14.1 Å². The lowest BCUT2D eigenvalue weighted by molar-refractivity contribution is 0.813. The summed E-state index contributed by atoms with van der Waals surface area (Å²) in [5.74, 6) is 1.85. The van der Waals surface area contributed by atoms with Crippen molar-refractivity contribution in [2.45, 2.75) is 17.8 Å². The van der Waals surface area contributed by atoms with Crippen LogP contribution in [0.4, 0.5) is 0 Å². The molecule has 7 nitrogen and oxygen atoms in total. The number of fused-ring (bicyclic) bond motifs is 4. The first-order chi connectivity index (χ1) is 13.9. The number of hydrogen-bond acceptors (Lipinski definition) is 5. The van der Waals surface area contributed by atoms with Gasteiger partial charge in [0.2, 0.25) is 5.78 Å². The number of thioether (sulfide) groups is 1. The van der Waals surface area contributed by atoms with Crippen LogP contribution < -0.4 is 5.56 Å². The van der Waals surface area contributed by atoms with Crippen LogP contribution in [0.15, 0.2) is 46.3 Å². The minimum absolute atomic E-state index is 0.0740. The fraction of sp³-hybridized carbons (Fsp3) is 0.200. The average molecular weight is 425 g/mol. The summed E-state index contributed by atoms with van der Waals surface area (Å²) < 4.78 is 5.53. The summed E-state index contributed by atoms with van der Waals surface area (Å²) in [5.41, 5.74) is 3.65. The first kappa shape index (κ1) is 18.2. The molecule has 146 valence electrons. The molecule has 0 amide bonds. The third-order valence-corrected chi connectivity index (χ3v) is 6.33. The van der Waals surface area contributed by atoms with E-state index in [0.29, 0.717) is 21.9 Å². The summed E-state index contributed by atoms with van der Waals surface area (Å²) in [6.07, 6.45) is 0. The van der Waals surface area contributed by atoms with Gasteiger partial charge in [0, 0.05) is 19.1 Å². The third-order valence-electron chi connectivity index (χ3n) is 5.07. The topological polar surface area (TPSA) is 70.0 Å². The van der Waals surface area contributed by atoms with Crippen LogP contribution >= 0.6 is 23.4 Å². The standard InChI is InChI=1S/C20H17ClN6OS/c1-11-4-6-15-13(8-11)18(28)26(3)19-24-23-17(27(15)19)10-29-20-22-14-9-12(21)5-7-16(14)25(20)2/h4-9H,10H2,1-3H3. The molecule has 0 saturated heterocycles. The van der Waals surface area contributed by atoms with Crippen LogP contribution in [0.3, 0.4) is 0 Å². The monoisotopic (exact) mass is 424 g/mol. The summed E-state index contributed by atoms with van der Waals surface area (Å²) in [5, 5.41) is 10.8. The van der Waals surface area contributed by atoms with Gasteiger partial charge in [0.25, 0.3) is 5.56 Å². The number of benzene rings is 2. The molecule has 0 atom stereocenters. The van der Waals surface area contributed by atoms with Gasteiger partial charge >= 0.3 is 0 Å². The van der Waals surface area contributed by atoms with Crippen LogP contribution in [0.1, 0.15) is 11.4 Å². The summed E-state index contributed by atoms with van der Waals surface area (Å²) in [7, 11) is 3.70. The Hall–Kier alpha value is -2.84. The van der Waals surface area contributed by atoms with Crippen molar-refractivity contribution >= 4 is 51.1 Å². The van der Waals surface area contributed by atoms with Gasteiger partial charge in [0.05, 0.1) is 27.7 Å². The fourth-order valence-corrected chi connectivity index (χ4v) is 4.63. The summed E-state index contributed by atoms with van der Waals surface area (Å²) in [4.78, 5) is 17.4. The molecule has 0 aliphatic rings. The second kappa shape index (κ2) is 6.60. The number of nitrogens with zero attached hydrogens (tertiary/aromatic N) is 6. The van der Waals surface area contributed by atoms with Gasteiger partial charge < -0.3 is 4.57 Å². The van der Waals surface area contributed by atoms with Gasteiger partial charge in [-0.25, -0.2) is 4.98 Å². The molecular formula is C20H17ClN6OS. The molecule has 0 fully saturated rings. The molecule has 0 bridgehead atoms. The molecule has 5 aromatic rings. The quantitative estimate of drug-likeness (QED) is 0.413. The van der Waals surface area contributed by atoms with Crippen molar-refractivity contribution in [3.05, 3.63) is 63.2 Å². The molecule has 0 aliphatic heterocycles. The highest BCUT2D eigenvalue weighted by Gasteiger charge is 2.16. The van der Waals surface area contributed by atoms with Crippen LogP contribution in [-0.4, -0.2) is 28.7 Å². The molecule has 0 unspecified atom stereocenters. The van der Waals surface area contributed by atoms with E-state index in [0.717, 1.165) is 33.1 Å². The van der Waals surface area contributed by atoms with E-state index in [2.05, 4.69) is 15.2 Å². The second-order valence-corrected chi connectivity index (χ2v) is 8.39. The molecule has 2 aromatic carbocycles. The number of halogens is 1. The molecule has 0 radical (unpaired) electrons. The van der Waals surface area contributed by atoms with E-state index in [9.17, 15) is 4.79 Å². The van der Waals surface area contributed by atoms with Gasteiger partial charge in [0.15, 0.2) is 5.16 Å². The van der Waals surface area contributed by atoms with Crippen molar-refractivity contribution in [3.8, 4) is 0 Å². The van der Waals surface area contributed by atoms with Crippen molar-refractivity contribution in [2.75, 3.05) is 0 Å². The second-order valence-electron chi connectivity index (χ2n) is 7.01. The Morgan fingerprint density at radius 2 is 1.83 bits per heavy atom. The van der Waals surface area contributed by atoms with E-state index in [-0.39, 0.29) is 5.56 Å². The Kier molecular flexibility index (Phi) is 4.15. The van der Waals surface area contributed by atoms with Crippen LogP contribution in [0.2, 0.25) is 5.02 Å². The van der Waals surface area contributed by atoms with Gasteiger partial charge in [-0.15, -0.1) is 10.2 Å². The van der Waals surface area contributed by atoms with Gasteiger partial charge in [0.1, 0.15) is 5.82 Å². The summed E-state index contributed by atoms with van der Waals surface area (Å²) in [6, 6.07) is 11.5. The molecule has 3 aromatic heterocycles. The Morgan fingerprint density at radius 1 is 1.03 bits per heavy atom. The highest BCUT2D eigenvalue weighted by atomic mass is 35.5. The maximum atomic E-state index is 12.7. The van der Waals surface area contributed by atoms with E-state index < -0.39 is 0 Å². The molecule has 0 N–H and O–H groups in total. The molecule has 0 spiro atoms. The smallest absolute Gasteiger partial charge is 0.262 e. The fourth-order valence-electron chi connectivity index (χ4n) is 3.56. The van der Waals surface area contributed by atoms with E-state index in [1.165, 1.54) is 0 Å². The minimum Gasteiger partial charge on any atom is -0.322 e. The van der Waals surface area contributed by atoms with Crippen molar-refractivity contribution < 1.29 is 0 Å². The SMILES string of the molecule is Cc1ccc2c(c1)c(=O)n(C)c1nnc(CSc3nc4cc(Cl)ccc4n3C)n21. The molecular weight excluding hydrogens is 408 g/mol. The summed E-state index contributed by atoms with van der Waals surface area (Å²) in [6.45, 7) is 1.98. The van der Waals surface area contributed by atoms with E-state index in [4.69, 9.17) is 11.6 Å². The molecule has 5 rings (SSSR count). The largest absolute Gasteiger partial charge is 0.322 e.